The standard InChI is InChI=1S/C11H15N5O/c1-8-3-11(4-8,6-12)10(17)16(2)5-9-13-7-14-15-9/h7-8H,3-5H2,1-2H3,(H,13,14,15). The van der Waals surface area contributed by atoms with Crippen LogP contribution in [-0.4, -0.2) is 33.0 Å². The normalized spacial score (nSPS) is 27.0. The number of aromatic amines is 1. The Morgan fingerprint density at radius 1 is 1.76 bits per heavy atom. The number of hydrogen-bond acceptors (Lipinski definition) is 4. The van der Waals surface area contributed by atoms with E-state index in [1.807, 2.05) is 0 Å². The van der Waals surface area contributed by atoms with Crippen LogP contribution < -0.4 is 0 Å². The molecule has 1 aromatic heterocycles. The van der Waals surface area contributed by atoms with Crippen LogP contribution in [-0.2, 0) is 11.3 Å². The van der Waals surface area contributed by atoms with Crippen molar-refractivity contribution in [3.63, 3.8) is 0 Å². The first-order chi connectivity index (χ1) is 8.07. The largest absolute Gasteiger partial charge is 0.337 e. The molecule has 0 bridgehead atoms. The summed E-state index contributed by atoms with van der Waals surface area (Å²) < 4.78 is 0. The van der Waals surface area contributed by atoms with E-state index < -0.39 is 5.41 Å². The Morgan fingerprint density at radius 3 is 2.94 bits per heavy atom. The fourth-order valence-corrected chi connectivity index (χ4v) is 2.41. The van der Waals surface area contributed by atoms with Gasteiger partial charge in [-0.1, -0.05) is 6.92 Å². The molecular weight excluding hydrogens is 218 g/mol. The highest BCUT2D eigenvalue weighted by molar-refractivity contribution is 5.86. The van der Waals surface area contributed by atoms with E-state index in [-0.39, 0.29) is 5.91 Å². The summed E-state index contributed by atoms with van der Waals surface area (Å²) in [6.45, 7) is 2.41. The molecule has 0 spiro atoms. The minimum absolute atomic E-state index is 0.116. The van der Waals surface area contributed by atoms with Gasteiger partial charge in [0.15, 0.2) is 0 Å². The van der Waals surface area contributed by atoms with Gasteiger partial charge in [0.25, 0.3) is 0 Å². The van der Waals surface area contributed by atoms with Crippen molar-refractivity contribution < 1.29 is 4.79 Å². The van der Waals surface area contributed by atoms with Gasteiger partial charge in [-0.15, -0.1) is 0 Å². The number of hydrogen-bond donors (Lipinski definition) is 1. The summed E-state index contributed by atoms with van der Waals surface area (Å²) >= 11 is 0. The molecule has 1 aliphatic carbocycles. The lowest BCUT2D eigenvalue weighted by molar-refractivity contribution is -0.144. The maximum Gasteiger partial charge on any atom is 0.243 e. The van der Waals surface area contributed by atoms with E-state index in [0.29, 0.717) is 31.1 Å². The van der Waals surface area contributed by atoms with Crippen LogP contribution in [0.3, 0.4) is 0 Å². The molecule has 1 N–H and O–H groups in total. The Morgan fingerprint density at radius 2 is 2.47 bits per heavy atom. The number of amides is 1. The van der Waals surface area contributed by atoms with E-state index in [0.717, 1.165) is 0 Å². The second-order valence-electron chi connectivity index (χ2n) is 4.80. The molecule has 1 fully saturated rings. The number of nitrogens with zero attached hydrogens (tertiary/aromatic N) is 4. The lowest BCUT2D eigenvalue weighted by Gasteiger charge is -2.41. The lowest BCUT2D eigenvalue weighted by Crippen LogP contribution is -2.48. The van der Waals surface area contributed by atoms with Gasteiger partial charge in [0.2, 0.25) is 5.91 Å². The summed E-state index contributed by atoms with van der Waals surface area (Å²) in [6, 6.07) is 2.17. The maximum atomic E-state index is 12.2. The van der Waals surface area contributed by atoms with E-state index >= 15 is 0 Å². The molecule has 1 saturated carbocycles. The van der Waals surface area contributed by atoms with Gasteiger partial charge in [0.1, 0.15) is 17.6 Å². The number of aromatic nitrogens is 3. The van der Waals surface area contributed by atoms with Crippen LogP contribution in [0.1, 0.15) is 25.6 Å². The fraction of sp³-hybridized carbons (Fsp3) is 0.636. The molecule has 0 unspecified atom stereocenters. The molecule has 1 heterocycles. The van der Waals surface area contributed by atoms with Crippen molar-refractivity contribution in [1.29, 1.82) is 5.26 Å². The van der Waals surface area contributed by atoms with Crippen molar-refractivity contribution in [2.45, 2.75) is 26.3 Å². The summed E-state index contributed by atoms with van der Waals surface area (Å²) in [5, 5.41) is 15.6. The molecule has 2 rings (SSSR count). The Labute approximate surface area is 99.6 Å². The van der Waals surface area contributed by atoms with Crippen molar-refractivity contribution in [2.75, 3.05) is 7.05 Å². The lowest BCUT2D eigenvalue weighted by atomic mass is 9.63. The van der Waals surface area contributed by atoms with Crippen molar-refractivity contribution >= 4 is 5.91 Å². The molecule has 1 aromatic rings. The Kier molecular flexibility index (Phi) is 2.84. The molecule has 1 amide bonds. The zero-order chi connectivity index (χ0) is 12.5. The number of rotatable bonds is 3. The van der Waals surface area contributed by atoms with Crippen LogP contribution in [0.25, 0.3) is 0 Å². The number of carbonyl (C=O) groups is 1. The number of nitrogens with one attached hydrogen (secondary N) is 1. The topological polar surface area (TPSA) is 85.7 Å². The van der Waals surface area contributed by atoms with E-state index in [1.54, 1.807) is 7.05 Å². The summed E-state index contributed by atoms with van der Waals surface area (Å²) in [5.74, 6) is 0.966. The molecule has 0 saturated heterocycles. The molecule has 1 aliphatic rings. The summed E-state index contributed by atoms with van der Waals surface area (Å²) in [7, 11) is 1.69. The van der Waals surface area contributed by atoms with E-state index in [2.05, 4.69) is 28.2 Å². The predicted molar refractivity (Wildman–Crippen MR) is 59.3 cm³/mol. The Hall–Kier alpha value is -1.90. The van der Waals surface area contributed by atoms with Crippen LogP contribution in [0, 0.1) is 22.7 Å². The molecule has 17 heavy (non-hydrogen) atoms. The van der Waals surface area contributed by atoms with Crippen molar-refractivity contribution in [3.05, 3.63) is 12.2 Å². The molecular formula is C11H15N5O. The fourth-order valence-electron chi connectivity index (χ4n) is 2.41. The van der Waals surface area contributed by atoms with Crippen molar-refractivity contribution in [2.24, 2.45) is 11.3 Å². The zero-order valence-corrected chi connectivity index (χ0v) is 9.97. The van der Waals surface area contributed by atoms with Crippen LogP contribution in [0.2, 0.25) is 0 Å². The summed E-state index contributed by atoms with van der Waals surface area (Å²) in [6.07, 6.45) is 2.71. The van der Waals surface area contributed by atoms with Crippen molar-refractivity contribution in [1.82, 2.24) is 20.1 Å². The molecule has 0 radical (unpaired) electrons. The second-order valence-corrected chi connectivity index (χ2v) is 4.80. The number of H-pyrrole nitrogens is 1. The highest BCUT2D eigenvalue weighted by atomic mass is 16.2. The van der Waals surface area contributed by atoms with E-state index in [1.165, 1.54) is 11.2 Å². The third kappa shape index (κ3) is 2.00. The highest BCUT2D eigenvalue weighted by Crippen LogP contribution is 2.46. The Bertz CT molecular complexity index is 441. The molecule has 6 heteroatoms. The quantitative estimate of drug-likeness (QED) is 0.832. The maximum absolute atomic E-state index is 12.2. The first-order valence-corrected chi connectivity index (χ1v) is 5.58. The first kappa shape index (κ1) is 11.6. The van der Waals surface area contributed by atoms with Crippen LogP contribution in [0.5, 0.6) is 0 Å². The monoisotopic (exact) mass is 233 g/mol. The first-order valence-electron chi connectivity index (χ1n) is 5.58. The van der Waals surface area contributed by atoms with E-state index in [9.17, 15) is 4.79 Å². The third-order valence-corrected chi connectivity index (χ3v) is 3.22. The molecule has 90 valence electrons. The van der Waals surface area contributed by atoms with Gasteiger partial charge >= 0.3 is 0 Å². The van der Waals surface area contributed by atoms with Gasteiger partial charge in [0.05, 0.1) is 12.6 Å². The molecule has 0 aromatic carbocycles. The smallest absolute Gasteiger partial charge is 0.243 e. The average Bonchev–Trinajstić information content (AvgIpc) is 2.76. The minimum atomic E-state index is -0.811. The van der Waals surface area contributed by atoms with Crippen molar-refractivity contribution in [3.8, 4) is 6.07 Å². The van der Waals surface area contributed by atoms with Gasteiger partial charge in [0, 0.05) is 7.05 Å². The summed E-state index contributed by atoms with van der Waals surface area (Å²) in [5.41, 5.74) is -0.811. The SMILES string of the molecule is CC1CC(C#N)(C(=O)N(C)Cc2ncn[nH]2)C1. The molecule has 6 nitrogen and oxygen atoms in total. The predicted octanol–water partition coefficient (Wildman–Crippen LogP) is 0.703. The molecule has 0 atom stereocenters. The minimum Gasteiger partial charge on any atom is -0.337 e. The Balaban J connectivity index is 2.02. The third-order valence-electron chi connectivity index (χ3n) is 3.22. The van der Waals surface area contributed by atoms with Gasteiger partial charge in [-0.3, -0.25) is 9.89 Å². The van der Waals surface area contributed by atoms with Crippen LogP contribution in [0.15, 0.2) is 6.33 Å². The van der Waals surface area contributed by atoms with E-state index in [4.69, 9.17) is 5.26 Å². The zero-order valence-electron chi connectivity index (χ0n) is 9.97. The van der Waals surface area contributed by atoms with Gasteiger partial charge < -0.3 is 4.90 Å². The van der Waals surface area contributed by atoms with Crippen LogP contribution >= 0.6 is 0 Å². The molecule has 0 aliphatic heterocycles. The van der Waals surface area contributed by atoms with Gasteiger partial charge in [-0.2, -0.15) is 10.4 Å². The highest BCUT2D eigenvalue weighted by Gasteiger charge is 2.50. The van der Waals surface area contributed by atoms with Gasteiger partial charge in [-0.25, -0.2) is 4.98 Å². The van der Waals surface area contributed by atoms with Crippen LogP contribution in [0.4, 0.5) is 0 Å². The second kappa shape index (κ2) is 4.17. The summed E-state index contributed by atoms with van der Waals surface area (Å²) in [4.78, 5) is 17.7. The van der Waals surface area contributed by atoms with Gasteiger partial charge in [-0.05, 0) is 18.8 Å². The average molecular weight is 233 g/mol. The number of nitriles is 1. The number of carbonyl (C=O) groups excluding carboxylic acids is 1.